The Labute approximate surface area is 140 Å². The number of nitrogens with zero attached hydrogens (tertiary/aromatic N) is 1. The van der Waals surface area contributed by atoms with Crippen molar-refractivity contribution < 1.29 is 35.9 Å². The number of hydrogen-bond donors (Lipinski definition) is 0. The smallest absolute Gasteiger partial charge is 0.416 e. The van der Waals surface area contributed by atoms with Crippen molar-refractivity contribution in [2.45, 2.75) is 32.1 Å². The fourth-order valence-electron chi connectivity index (χ4n) is 2.81. The van der Waals surface area contributed by atoms with Crippen LogP contribution >= 0.6 is 0 Å². The number of benzene rings is 1. The van der Waals surface area contributed by atoms with Gasteiger partial charge in [0, 0.05) is 18.8 Å². The molecule has 0 aliphatic carbocycles. The Hall–Kier alpha value is -1.93. The predicted molar refractivity (Wildman–Crippen MR) is 78.0 cm³/mol. The van der Waals surface area contributed by atoms with E-state index in [-0.39, 0.29) is 43.8 Å². The highest BCUT2D eigenvalue weighted by Gasteiger charge is 2.38. The Balaban J connectivity index is 2.23. The Bertz CT molecular complexity index is 594. The van der Waals surface area contributed by atoms with Gasteiger partial charge in [0.25, 0.3) is 0 Å². The van der Waals surface area contributed by atoms with E-state index >= 15 is 0 Å². The van der Waals surface area contributed by atoms with Crippen LogP contribution in [0.15, 0.2) is 18.2 Å². The van der Waals surface area contributed by atoms with Crippen LogP contribution in [0.4, 0.5) is 32.0 Å². The second-order valence-corrected chi connectivity index (χ2v) is 5.87. The number of rotatable bonds is 4. The number of carbonyl (C=O) groups excluding carboxylic acids is 1. The lowest BCUT2D eigenvalue weighted by molar-refractivity contribution is -0.144. The Morgan fingerprint density at radius 2 is 1.68 bits per heavy atom. The van der Waals surface area contributed by atoms with Crippen LogP contribution in [0.2, 0.25) is 0 Å². The molecule has 2 rings (SSSR count). The summed E-state index contributed by atoms with van der Waals surface area (Å²) in [7, 11) is 0. The molecule has 1 aromatic carbocycles. The first-order valence-corrected chi connectivity index (χ1v) is 7.70. The summed E-state index contributed by atoms with van der Waals surface area (Å²) < 4.78 is 82.3. The SMILES string of the molecule is CCOC(=O)CC1CCN(c2cc(C(F)(F)F)cc(C(F)(F)F)c2)C1. The minimum atomic E-state index is -4.87. The maximum absolute atomic E-state index is 12.9. The molecule has 0 aromatic heterocycles. The number of carbonyl (C=O) groups is 1. The molecule has 1 atom stereocenters. The molecule has 140 valence electrons. The van der Waals surface area contributed by atoms with Crippen molar-refractivity contribution in [1.82, 2.24) is 0 Å². The first-order chi connectivity index (χ1) is 11.5. The van der Waals surface area contributed by atoms with Crippen molar-refractivity contribution in [3.05, 3.63) is 29.3 Å². The van der Waals surface area contributed by atoms with Gasteiger partial charge in [0.2, 0.25) is 0 Å². The van der Waals surface area contributed by atoms with E-state index in [0.29, 0.717) is 18.6 Å². The number of hydrogen-bond acceptors (Lipinski definition) is 3. The normalized spacial score (nSPS) is 18.5. The lowest BCUT2D eigenvalue weighted by Crippen LogP contribution is -2.22. The highest BCUT2D eigenvalue weighted by Crippen LogP contribution is 2.39. The molecule has 25 heavy (non-hydrogen) atoms. The molecule has 0 amide bonds. The summed E-state index contributed by atoms with van der Waals surface area (Å²) in [4.78, 5) is 12.9. The molecule has 3 nitrogen and oxygen atoms in total. The van der Waals surface area contributed by atoms with Gasteiger partial charge in [-0.25, -0.2) is 0 Å². The highest BCUT2D eigenvalue weighted by atomic mass is 19.4. The first-order valence-electron chi connectivity index (χ1n) is 7.70. The molecule has 0 N–H and O–H groups in total. The highest BCUT2D eigenvalue weighted by molar-refractivity contribution is 5.70. The lowest BCUT2D eigenvalue weighted by Gasteiger charge is -2.22. The number of ether oxygens (including phenoxy) is 1. The van der Waals surface area contributed by atoms with E-state index in [1.54, 1.807) is 6.92 Å². The van der Waals surface area contributed by atoms with E-state index in [4.69, 9.17) is 4.74 Å². The van der Waals surface area contributed by atoms with Gasteiger partial charge in [0.05, 0.1) is 24.2 Å². The molecule has 1 unspecified atom stereocenters. The molecule has 1 heterocycles. The van der Waals surface area contributed by atoms with Crippen molar-refractivity contribution in [3.8, 4) is 0 Å². The van der Waals surface area contributed by atoms with Crippen molar-refractivity contribution in [3.63, 3.8) is 0 Å². The molecule has 1 fully saturated rings. The van der Waals surface area contributed by atoms with Gasteiger partial charge in [-0.05, 0) is 37.5 Å². The van der Waals surface area contributed by atoms with Crippen molar-refractivity contribution >= 4 is 11.7 Å². The Morgan fingerprint density at radius 3 is 2.16 bits per heavy atom. The second kappa shape index (κ2) is 7.13. The third-order valence-electron chi connectivity index (χ3n) is 3.98. The summed E-state index contributed by atoms with van der Waals surface area (Å²) in [6.45, 7) is 2.36. The predicted octanol–water partition coefficient (Wildman–Crippen LogP) is 4.50. The molecule has 0 saturated carbocycles. The topological polar surface area (TPSA) is 29.5 Å². The minimum absolute atomic E-state index is 0.0927. The van der Waals surface area contributed by atoms with E-state index in [0.717, 1.165) is 0 Å². The fourth-order valence-corrected chi connectivity index (χ4v) is 2.81. The van der Waals surface area contributed by atoms with Crippen LogP contribution in [0.1, 0.15) is 30.9 Å². The summed E-state index contributed by atoms with van der Waals surface area (Å²) in [6.07, 6.45) is -9.16. The van der Waals surface area contributed by atoms with Crippen LogP contribution in [0.3, 0.4) is 0 Å². The molecule has 1 aromatic rings. The van der Waals surface area contributed by atoms with Crippen molar-refractivity contribution in [2.75, 3.05) is 24.6 Å². The van der Waals surface area contributed by atoms with Gasteiger partial charge in [-0.1, -0.05) is 0 Å². The standard InChI is InChI=1S/C16H17F6NO2/c1-2-25-14(24)5-10-3-4-23(9-10)13-7-11(15(17,18)19)6-12(8-13)16(20,21)22/h6-8,10H,2-5,9H2,1H3. The quantitative estimate of drug-likeness (QED) is 0.578. The average molecular weight is 369 g/mol. The van der Waals surface area contributed by atoms with Gasteiger partial charge < -0.3 is 9.64 Å². The lowest BCUT2D eigenvalue weighted by atomic mass is 10.1. The van der Waals surface area contributed by atoms with Crippen LogP contribution < -0.4 is 4.90 Å². The van der Waals surface area contributed by atoms with Crippen LogP contribution in [0.5, 0.6) is 0 Å². The first kappa shape index (κ1) is 19.4. The van der Waals surface area contributed by atoms with E-state index in [2.05, 4.69) is 0 Å². The Kier molecular flexibility index (Phi) is 5.53. The van der Waals surface area contributed by atoms with Crippen LogP contribution in [0.25, 0.3) is 0 Å². The van der Waals surface area contributed by atoms with Gasteiger partial charge >= 0.3 is 18.3 Å². The third kappa shape index (κ3) is 5.02. The average Bonchev–Trinajstić information content (AvgIpc) is 2.93. The fraction of sp³-hybridized carbons (Fsp3) is 0.562. The molecule has 1 aliphatic heterocycles. The van der Waals surface area contributed by atoms with Gasteiger partial charge in [0.1, 0.15) is 0 Å². The van der Waals surface area contributed by atoms with E-state index in [1.165, 1.54) is 4.90 Å². The maximum Gasteiger partial charge on any atom is 0.416 e. The van der Waals surface area contributed by atoms with E-state index < -0.39 is 29.4 Å². The van der Waals surface area contributed by atoms with Crippen LogP contribution in [-0.4, -0.2) is 25.7 Å². The van der Waals surface area contributed by atoms with E-state index in [9.17, 15) is 31.1 Å². The molecular formula is C16H17F6NO2. The summed E-state index contributed by atoms with van der Waals surface area (Å²) in [6, 6.07) is 1.53. The molecule has 0 radical (unpaired) electrons. The second-order valence-electron chi connectivity index (χ2n) is 5.87. The van der Waals surface area contributed by atoms with Crippen LogP contribution in [-0.2, 0) is 21.9 Å². The molecule has 0 spiro atoms. The maximum atomic E-state index is 12.9. The molecule has 9 heteroatoms. The number of esters is 1. The largest absolute Gasteiger partial charge is 0.466 e. The van der Waals surface area contributed by atoms with Gasteiger partial charge in [-0.15, -0.1) is 0 Å². The zero-order valence-corrected chi connectivity index (χ0v) is 13.4. The van der Waals surface area contributed by atoms with Gasteiger partial charge in [-0.2, -0.15) is 26.3 Å². The monoisotopic (exact) mass is 369 g/mol. The third-order valence-corrected chi connectivity index (χ3v) is 3.98. The molecular weight excluding hydrogens is 352 g/mol. The summed E-state index contributed by atoms with van der Waals surface area (Å²) in [5, 5.41) is 0. The van der Waals surface area contributed by atoms with Crippen LogP contribution in [0, 0.1) is 5.92 Å². The van der Waals surface area contributed by atoms with Crippen molar-refractivity contribution in [2.24, 2.45) is 5.92 Å². The van der Waals surface area contributed by atoms with Gasteiger partial charge in [-0.3, -0.25) is 4.79 Å². The molecule has 1 saturated heterocycles. The number of anilines is 1. The number of halogens is 6. The number of alkyl halides is 6. The Morgan fingerprint density at radius 1 is 1.12 bits per heavy atom. The molecule has 1 aliphatic rings. The molecule has 0 bridgehead atoms. The minimum Gasteiger partial charge on any atom is -0.466 e. The zero-order valence-electron chi connectivity index (χ0n) is 13.4. The summed E-state index contributed by atoms with van der Waals surface area (Å²) in [5.74, 6) is -0.586. The van der Waals surface area contributed by atoms with E-state index in [1.807, 2.05) is 0 Å². The van der Waals surface area contributed by atoms with Crippen molar-refractivity contribution in [1.29, 1.82) is 0 Å². The van der Waals surface area contributed by atoms with Gasteiger partial charge in [0.15, 0.2) is 0 Å². The summed E-state index contributed by atoms with van der Waals surface area (Å²) in [5.41, 5.74) is -2.83. The summed E-state index contributed by atoms with van der Waals surface area (Å²) >= 11 is 0. The zero-order chi connectivity index (χ0) is 18.8.